The van der Waals surface area contributed by atoms with Gasteiger partial charge in [0.15, 0.2) is 0 Å². The monoisotopic (exact) mass is 351 g/mol. The van der Waals surface area contributed by atoms with Crippen molar-refractivity contribution < 1.29 is 4.74 Å². The Morgan fingerprint density at radius 3 is 2.50 bits per heavy atom. The van der Waals surface area contributed by atoms with Crippen molar-refractivity contribution in [2.24, 2.45) is 5.41 Å². The van der Waals surface area contributed by atoms with Crippen LogP contribution in [0.5, 0.6) is 5.75 Å². The summed E-state index contributed by atoms with van der Waals surface area (Å²) in [7, 11) is 1.72. The number of pyridine rings is 1. The molecule has 4 nitrogen and oxygen atoms in total. The number of ether oxygens (including phenoxy) is 1. The summed E-state index contributed by atoms with van der Waals surface area (Å²) in [4.78, 5) is 9.76. The summed E-state index contributed by atoms with van der Waals surface area (Å²) in [6.45, 7) is 6.88. The summed E-state index contributed by atoms with van der Waals surface area (Å²) in [5, 5.41) is 0. The van der Waals surface area contributed by atoms with Crippen LogP contribution in [-0.2, 0) is 13.1 Å². The molecule has 0 N–H and O–H groups in total. The van der Waals surface area contributed by atoms with Gasteiger partial charge in [-0.25, -0.2) is 0 Å². The molecule has 2 aromatic rings. The van der Waals surface area contributed by atoms with E-state index in [2.05, 4.69) is 51.2 Å². The van der Waals surface area contributed by atoms with Crippen molar-refractivity contribution in [1.29, 1.82) is 0 Å². The van der Waals surface area contributed by atoms with Gasteiger partial charge in [-0.3, -0.25) is 14.8 Å². The largest absolute Gasteiger partial charge is 0.497 e. The lowest BCUT2D eigenvalue weighted by Gasteiger charge is -2.40. The van der Waals surface area contributed by atoms with E-state index in [0.717, 1.165) is 18.8 Å². The van der Waals surface area contributed by atoms with E-state index in [1.165, 1.54) is 56.7 Å². The second kappa shape index (κ2) is 7.77. The van der Waals surface area contributed by atoms with Crippen molar-refractivity contribution in [2.45, 2.75) is 32.4 Å². The number of hydrogen-bond acceptors (Lipinski definition) is 4. The zero-order valence-corrected chi connectivity index (χ0v) is 15.7. The number of aromatic nitrogens is 1. The third kappa shape index (κ3) is 4.08. The van der Waals surface area contributed by atoms with Crippen LogP contribution in [0.25, 0.3) is 0 Å². The summed E-state index contributed by atoms with van der Waals surface area (Å²) in [6, 6.07) is 14.7. The molecule has 2 aliphatic rings. The first-order valence-electron chi connectivity index (χ1n) is 9.72. The van der Waals surface area contributed by atoms with E-state index in [0.29, 0.717) is 5.41 Å². The van der Waals surface area contributed by atoms with E-state index in [9.17, 15) is 0 Å². The molecule has 0 amide bonds. The predicted octanol–water partition coefficient (Wildman–Crippen LogP) is 3.58. The zero-order valence-electron chi connectivity index (χ0n) is 15.7. The Labute approximate surface area is 156 Å². The van der Waals surface area contributed by atoms with E-state index < -0.39 is 0 Å². The summed E-state index contributed by atoms with van der Waals surface area (Å²) < 4.78 is 5.27. The second-order valence-corrected chi connectivity index (χ2v) is 7.94. The van der Waals surface area contributed by atoms with Crippen LogP contribution in [0.2, 0.25) is 0 Å². The smallest absolute Gasteiger partial charge is 0.118 e. The lowest BCUT2D eigenvalue weighted by molar-refractivity contribution is 0.0857. The maximum absolute atomic E-state index is 5.27. The molecule has 2 aliphatic heterocycles. The highest BCUT2D eigenvalue weighted by atomic mass is 16.5. The number of likely N-dealkylation sites (tertiary alicyclic amines) is 2. The SMILES string of the molecule is COc1ccc(CN2CC[C@]3(CCCN(Cc4ccccn4)C3)C2)cc1. The minimum atomic E-state index is 0.472. The minimum Gasteiger partial charge on any atom is -0.497 e. The van der Waals surface area contributed by atoms with E-state index in [4.69, 9.17) is 4.74 Å². The Kier molecular flexibility index (Phi) is 5.23. The van der Waals surface area contributed by atoms with E-state index in [-0.39, 0.29) is 0 Å². The molecule has 1 aromatic carbocycles. The lowest BCUT2D eigenvalue weighted by Crippen LogP contribution is -2.44. The molecule has 0 unspecified atom stereocenters. The normalized spacial score (nSPS) is 24.2. The van der Waals surface area contributed by atoms with Crippen LogP contribution in [0.15, 0.2) is 48.7 Å². The first-order valence-corrected chi connectivity index (χ1v) is 9.72. The summed E-state index contributed by atoms with van der Waals surface area (Å²) in [5.74, 6) is 0.934. The third-order valence-corrected chi connectivity index (χ3v) is 5.93. The summed E-state index contributed by atoms with van der Waals surface area (Å²) in [5.41, 5.74) is 3.04. The van der Waals surface area contributed by atoms with Gasteiger partial charge in [0, 0.05) is 32.4 Å². The highest BCUT2D eigenvalue weighted by molar-refractivity contribution is 5.27. The molecule has 2 fully saturated rings. The molecule has 4 rings (SSSR count). The average molecular weight is 351 g/mol. The van der Waals surface area contributed by atoms with E-state index >= 15 is 0 Å². The van der Waals surface area contributed by atoms with Gasteiger partial charge in [0.05, 0.1) is 12.8 Å². The van der Waals surface area contributed by atoms with Gasteiger partial charge in [0.2, 0.25) is 0 Å². The molecular weight excluding hydrogens is 322 g/mol. The van der Waals surface area contributed by atoms with Crippen LogP contribution in [0, 0.1) is 5.41 Å². The van der Waals surface area contributed by atoms with Crippen molar-refractivity contribution in [2.75, 3.05) is 33.3 Å². The van der Waals surface area contributed by atoms with Crippen LogP contribution in [0.1, 0.15) is 30.5 Å². The first-order chi connectivity index (χ1) is 12.7. The molecule has 0 saturated carbocycles. The van der Waals surface area contributed by atoms with Gasteiger partial charge in [0.25, 0.3) is 0 Å². The molecule has 0 aliphatic carbocycles. The molecular formula is C22H29N3O. The van der Waals surface area contributed by atoms with Gasteiger partial charge >= 0.3 is 0 Å². The number of rotatable bonds is 5. The molecule has 1 atom stereocenters. The summed E-state index contributed by atoms with van der Waals surface area (Å²) in [6.07, 6.45) is 5.90. The quantitative estimate of drug-likeness (QED) is 0.823. The Bertz CT molecular complexity index is 703. The van der Waals surface area contributed by atoms with Crippen LogP contribution in [0.3, 0.4) is 0 Å². The Balaban J connectivity index is 1.35. The number of benzene rings is 1. The van der Waals surface area contributed by atoms with Crippen molar-refractivity contribution in [3.05, 3.63) is 59.9 Å². The number of methoxy groups -OCH3 is 1. The van der Waals surface area contributed by atoms with Gasteiger partial charge in [-0.05, 0) is 67.6 Å². The first kappa shape index (κ1) is 17.5. The zero-order chi connectivity index (χ0) is 17.8. The molecule has 1 spiro atoms. The van der Waals surface area contributed by atoms with Gasteiger partial charge < -0.3 is 4.74 Å². The number of nitrogens with zero attached hydrogens (tertiary/aromatic N) is 3. The third-order valence-electron chi connectivity index (χ3n) is 5.93. The molecule has 3 heterocycles. The Hall–Kier alpha value is -1.91. The maximum Gasteiger partial charge on any atom is 0.118 e. The molecule has 2 saturated heterocycles. The van der Waals surface area contributed by atoms with Gasteiger partial charge in [-0.2, -0.15) is 0 Å². The minimum absolute atomic E-state index is 0.472. The molecule has 138 valence electrons. The summed E-state index contributed by atoms with van der Waals surface area (Å²) >= 11 is 0. The van der Waals surface area contributed by atoms with Crippen molar-refractivity contribution in [1.82, 2.24) is 14.8 Å². The van der Waals surface area contributed by atoms with Gasteiger partial charge in [0.1, 0.15) is 5.75 Å². The standard InChI is InChI=1S/C22H29N3O/c1-26-21-8-6-19(7-9-21)15-25-14-11-22(18-25)10-4-13-24(17-22)16-20-5-2-3-12-23-20/h2-3,5-9,12H,4,10-11,13-18H2,1H3/t22-/m0/s1. The highest BCUT2D eigenvalue weighted by Gasteiger charge is 2.41. The van der Waals surface area contributed by atoms with Crippen LogP contribution < -0.4 is 4.74 Å². The maximum atomic E-state index is 5.27. The second-order valence-electron chi connectivity index (χ2n) is 7.94. The highest BCUT2D eigenvalue weighted by Crippen LogP contribution is 2.39. The Morgan fingerprint density at radius 2 is 1.77 bits per heavy atom. The average Bonchev–Trinajstić information content (AvgIpc) is 3.05. The predicted molar refractivity (Wildman–Crippen MR) is 104 cm³/mol. The van der Waals surface area contributed by atoms with Crippen molar-refractivity contribution >= 4 is 0 Å². The molecule has 4 heteroatoms. The topological polar surface area (TPSA) is 28.6 Å². The molecule has 0 bridgehead atoms. The Morgan fingerprint density at radius 1 is 0.962 bits per heavy atom. The lowest BCUT2D eigenvalue weighted by atomic mass is 9.79. The van der Waals surface area contributed by atoms with Gasteiger partial charge in [-0.1, -0.05) is 18.2 Å². The van der Waals surface area contributed by atoms with Crippen LogP contribution in [-0.4, -0.2) is 48.1 Å². The van der Waals surface area contributed by atoms with Crippen LogP contribution >= 0.6 is 0 Å². The van der Waals surface area contributed by atoms with Crippen LogP contribution in [0.4, 0.5) is 0 Å². The van der Waals surface area contributed by atoms with Gasteiger partial charge in [-0.15, -0.1) is 0 Å². The number of piperidine rings is 1. The fraction of sp³-hybridized carbons (Fsp3) is 0.500. The fourth-order valence-corrected chi connectivity index (χ4v) is 4.65. The molecule has 0 radical (unpaired) electrons. The number of hydrogen-bond donors (Lipinski definition) is 0. The van der Waals surface area contributed by atoms with E-state index in [1.54, 1.807) is 7.11 Å². The van der Waals surface area contributed by atoms with E-state index in [1.807, 2.05) is 12.3 Å². The van der Waals surface area contributed by atoms with Crippen molar-refractivity contribution in [3.63, 3.8) is 0 Å². The fourth-order valence-electron chi connectivity index (χ4n) is 4.65. The molecule has 1 aromatic heterocycles. The van der Waals surface area contributed by atoms with Crippen molar-refractivity contribution in [3.8, 4) is 5.75 Å². The molecule has 26 heavy (non-hydrogen) atoms.